The second-order valence-electron chi connectivity index (χ2n) is 12.1. The van der Waals surface area contributed by atoms with Crippen LogP contribution in [0, 0.1) is 0 Å². The van der Waals surface area contributed by atoms with E-state index in [1.807, 2.05) is 0 Å². The van der Waals surface area contributed by atoms with E-state index in [0.717, 1.165) is 13.2 Å². The van der Waals surface area contributed by atoms with Crippen molar-refractivity contribution in [3.8, 4) is 0 Å². The predicted octanol–water partition coefficient (Wildman–Crippen LogP) is 9.08. The predicted molar refractivity (Wildman–Crippen MR) is 173 cm³/mol. The Morgan fingerprint density at radius 3 is 1.12 bits per heavy atom. The monoisotopic (exact) mass is 572 g/mol. The molecule has 0 aliphatic rings. The molecule has 0 fully saturated rings. The first-order valence-electron chi connectivity index (χ1n) is 17.9. The fourth-order valence-corrected chi connectivity index (χ4v) is 5.42. The summed E-state index contributed by atoms with van der Waals surface area (Å²) in [5, 5.41) is 18.2. The lowest BCUT2D eigenvalue weighted by molar-refractivity contribution is -0.0435. The first-order chi connectivity index (χ1) is 19.8. The average molecular weight is 572 g/mol. The van der Waals surface area contributed by atoms with Crippen LogP contribution in [0.1, 0.15) is 168 Å². The number of ether oxygens (including phenoxy) is 2. The molecule has 5 heteroatoms. The van der Waals surface area contributed by atoms with Crippen LogP contribution in [0.3, 0.4) is 0 Å². The summed E-state index contributed by atoms with van der Waals surface area (Å²) in [5.41, 5.74) is 0. The number of unbranched alkanes of at least 4 members (excludes halogenated alkanes) is 22. The lowest BCUT2D eigenvalue weighted by atomic mass is 10.0. The Kier molecular flexibility index (Phi) is 34.8. The van der Waals surface area contributed by atoms with Crippen molar-refractivity contribution in [1.29, 1.82) is 0 Å². The molecule has 242 valence electrons. The van der Waals surface area contributed by atoms with Crippen LogP contribution in [-0.2, 0) is 9.47 Å². The van der Waals surface area contributed by atoms with Crippen LogP contribution in [0.2, 0.25) is 0 Å². The van der Waals surface area contributed by atoms with E-state index in [9.17, 15) is 0 Å². The van der Waals surface area contributed by atoms with E-state index in [1.165, 1.54) is 167 Å². The summed E-state index contributed by atoms with van der Waals surface area (Å²) in [4.78, 5) is 2.60. The van der Waals surface area contributed by atoms with Crippen molar-refractivity contribution >= 4 is 0 Å². The largest absolute Gasteiger partial charge is 0.394 e. The van der Waals surface area contributed by atoms with Gasteiger partial charge in [-0.1, -0.05) is 155 Å². The minimum absolute atomic E-state index is 0.151. The van der Waals surface area contributed by atoms with E-state index in [0.29, 0.717) is 13.2 Å². The highest BCUT2D eigenvalue weighted by Crippen LogP contribution is 2.14. The summed E-state index contributed by atoms with van der Waals surface area (Å²) in [6.45, 7) is 9.29. The molecular weight excluding hydrogens is 498 g/mol. The van der Waals surface area contributed by atoms with Crippen molar-refractivity contribution in [2.24, 2.45) is 0 Å². The van der Waals surface area contributed by atoms with Gasteiger partial charge in [0.05, 0.1) is 33.0 Å². The zero-order valence-electron chi connectivity index (χ0n) is 27.4. The summed E-state index contributed by atoms with van der Waals surface area (Å²) >= 11 is 0. The van der Waals surface area contributed by atoms with Gasteiger partial charge in [0.15, 0.2) is 0 Å². The molecule has 0 rings (SSSR count). The number of nitrogens with zero attached hydrogens (tertiary/aromatic N) is 1. The van der Waals surface area contributed by atoms with E-state index >= 15 is 0 Å². The Morgan fingerprint density at radius 1 is 0.425 bits per heavy atom. The summed E-state index contributed by atoms with van der Waals surface area (Å²) in [7, 11) is 0. The van der Waals surface area contributed by atoms with Gasteiger partial charge in [-0.25, -0.2) is 0 Å². The third-order valence-corrected chi connectivity index (χ3v) is 8.20. The maximum Gasteiger partial charge on any atom is 0.104 e. The zero-order valence-corrected chi connectivity index (χ0v) is 27.4. The number of rotatable bonds is 35. The number of hydrogen-bond acceptors (Lipinski definition) is 5. The van der Waals surface area contributed by atoms with Gasteiger partial charge >= 0.3 is 0 Å². The molecule has 0 aliphatic heterocycles. The molecular formula is C35H73NO4. The van der Waals surface area contributed by atoms with Crippen molar-refractivity contribution in [3.05, 3.63) is 0 Å². The summed E-state index contributed by atoms with van der Waals surface area (Å²) in [6, 6.07) is 0. The third kappa shape index (κ3) is 30.8. The molecule has 0 aliphatic carbocycles. The van der Waals surface area contributed by atoms with Gasteiger partial charge in [-0.2, -0.15) is 0 Å². The van der Waals surface area contributed by atoms with E-state index < -0.39 is 6.10 Å². The smallest absolute Gasteiger partial charge is 0.104 e. The molecule has 0 heterocycles. The van der Waals surface area contributed by atoms with Crippen LogP contribution < -0.4 is 0 Å². The molecule has 0 radical (unpaired) electrons. The highest BCUT2D eigenvalue weighted by atomic mass is 16.5. The van der Waals surface area contributed by atoms with Crippen molar-refractivity contribution in [3.63, 3.8) is 0 Å². The first kappa shape index (κ1) is 39.8. The van der Waals surface area contributed by atoms with Gasteiger partial charge in [0.2, 0.25) is 0 Å². The van der Waals surface area contributed by atoms with Crippen LogP contribution in [0.4, 0.5) is 0 Å². The van der Waals surface area contributed by atoms with Crippen LogP contribution in [-0.4, -0.2) is 73.9 Å². The van der Waals surface area contributed by atoms with E-state index in [2.05, 4.69) is 18.7 Å². The lowest BCUT2D eigenvalue weighted by Gasteiger charge is -2.22. The molecule has 2 N–H and O–H groups in total. The number of aliphatic hydroxyl groups excluding tert-OH is 2. The van der Waals surface area contributed by atoms with Crippen LogP contribution >= 0.6 is 0 Å². The fourth-order valence-electron chi connectivity index (χ4n) is 5.42. The van der Waals surface area contributed by atoms with Gasteiger partial charge in [0.1, 0.15) is 6.10 Å². The minimum atomic E-state index is -0.489. The standard InChI is InChI=1S/C35H73NO4/c1-3-5-7-9-11-13-14-15-16-17-18-19-20-22-24-26-28-36(27-25-23-21-12-10-8-6-4-2)29-30-39-31-32-40-35(33-37)34-38/h35,37-38H,3-34H2,1-2H3. The summed E-state index contributed by atoms with van der Waals surface area (Å²) in [5.74, 6) is 0. The molecule has 0 bridgehead atoms. The molecule has 5 nitrogen and oxygen atoms in total. The number of hydrogen-bond donors (Lipinski definition) is 2. The van der Waals surface area contributed by atoms with Crippen molar-refractivity contribution in [1.82, 2.24) is 4.90 Å². The average Bonchev–Trinajstić information content (AvgIpc) is 2.97. The van der Waals surface area contributed by atoms with Gasteiger partial charge in [-0.05, 0) is 25.9 Å². The third-order valence-electron chi connectivity index (χ3n) is 8.20. The Morgan fingerprint density at radius 2 is 0.775 bits per heavy atom. The van der Waals surface area contributed by atoms with Gasteiger partial charge in [0.25, 0.3) is 0 Å². The molecule has 0 atom stereocenters. The quantitative estimate of drug-likeness (QED) is 0.0743. The van der Waals surface area contributed by atoms with Crippen molar-refractivity contribution in [2.75, 3.05) is 52.7 Å². The minimum Gasteiger partial charge on any atom is -0.394 e. The normalized spacial score (nSPS) is 11.8. The molecule has 0 aromatic rings. The Bertz CT molecular complexity index is 447. The lowest BCUT2D eigenvalue weighted by Crippen LogP contribution is -2.30. The maximum atomic E-state index is 9.08. The molecule has 0 unspecified atom stereocenters. The Balaban J connectivity index is 3.83. The van der Waals surface area contributed by atoms with Crippen LogP contribution in [0.25, 0.3) is 0 Å². The van der Waals surface area contributed by atoms with Gasteiger partial charge in [0, 0.05) is 6.54 Å². The van der Waals surface area contributed by atoms with E-state index in [-0.39, 0.29) is 13.2 Å². The second-order valence-corrected chi connectivity index (χ2v) is 12.1. The Labute approximate surface area is 251 Å². The Hall–Kier alpha value is -0.200. The molecule has 40 heavy (non-hydrogen) atoms. The van der Waals surface area contributed by atoms with Crippen LogP contribution in [0.5, 0.6) is 0 Å². The molecule has 0 aromatic carbocycles. The van der Waals surface area contributed by atoms with E-state index in [4.69, 9.17) is 19.7 Å². The highest BCUT2D eigenvalue weighted by Gasteiger charge is 2.07. The first-order valence-corrected chi connectivity index (χ1v) is 17.9. The highest BCUT2D eigenvalue weighted by molar-refractivity contribution is 4.60. The summed E-state index contributed by atoms with van der Waals surface area (Å²) in [6.07, 6.45) is 33.1. The SMILES string of the molecule is CCCCCCCCCCCCCCCCCCN(CCCCCCCCCC)CCOCCOC(CO)CO. The molecule has 0 aromatic heterocycles. The fraction of sp³-hybridized carbons (Fsp3) is 1.00. The van der Waals surface area contributed by atoms with Crippen LogP contribution in [0.15, 0.2) is 0 Å². The maximum absolute atomic E-state index is 9.08. The van der Waals surface area contributed by atoms with Crippen molar-refractivity contribution in [2.45, 2.75) is 174 Å². The topological polar surface area (TPSA) is 62.2 Å². The number of aliphatic hydroxyl groups is 2. The molecule has 0 amide bonds. The molecule has 0 saturated carbocycles. The van der Waals surface area contributed by atoms with Crippen molar-refractivity contribution < 1.29 is 19.7 Å². The van der Waals surface area contributed by atoms with Gasteiger partial charge in [-0.3, -0.25) is 0 Å². The molecule has 0 saturated heterocycles. The van der Waals surface area contributed by atoms with Gasteiger partial charge in [-0.15, -0.1) is 0 Å². The second kappa shape index (κ2) is 35.0. The van der Waals surface area contributed by atoms with Gasteiger partial charge < -0.3 is 24.6 Å². The van der Waals surface area contributed by atoms with E-state index in [1.54, 1.807) is 0 Å². The summed E-state index contributed by atoms with van der Waals surface area (Å²) < 4.78 is 11.2. The zero-order chi connectivity index (χ0) is 29.2. The molecule has 0 spiro atoms.